The van der Waals surface area contributed by atoms with Crippen LogP contribution in [0.4, 0.5) is 17.1 Å². The van der Waals surface area contributed by atoms with Crippen LogP contribution in [0.1, 0.15) is 25.1 Å². The minimum absolute atomic E-state index is 0. The van der Waals surface area contributed by atoms with Crippen LogP contribution in [0.2, 0.25) is 0 Å². The smallest absolute Gasteiger partial charge is 0.120 e. The van der Waals surface area contributed by atoms with Crippen LogP contribution < -0.4 is 10.2 Å². The maximum atomic E-state index is 10.3. The number of phenolic OH excluding ortho intramolecular Hbond substituents is 1. The molecule has 5 nitrogen and oxygen atoms in total. The SMILES string of the molecule is CCN(CC)Cc1cc(Nc2cc(C)nc3ccc(N(C)C)cc23)ccc1O.Cl. The van der Waals surface area contributed by atoms with Crippen LogP contribution in [0.3, 0.4) is 0 Å². The van der Waals surface area contributed by atoms with Gasteiger partial charge in [-0.15, -0.1) is 12.4 Å². The quantitative estimate of drug-likeness (QED) is 0.512. The van der Waals surface area contributed by atoms with E-state index in [-0.39, 0.29) is 12.4 Å². The van der Waals surface area contributed by atoms with E-state index in [1.165, 1.54) is 0 Å². The van der Waals surface area contributed by atoms with Crippen molar-refractivity contribution in [3.63, 3.8) is 0 Å². The molecule has 6 heteroatoms. The van der Waals surface area contributed by atoms with Gasteiger partial charge in [0.25, 0.3) is 0 Å². The molecule has 0 aliphatic carbocycles. The number of aromatic hydroxyl groups is 1. The van der Waals surface area contributed by atoms with Gasteiger partial charge < -0.3 is 15.3 Å². The van der Waals surface area contributed by atoms with Crippen molar-refractivity contribution in [2.75, 3.05) is 37.4 Å². The van der Waals surface area contributed by atoms with Crippen molar-refractivity contribution in [2.45, 2.75) is 27.3 Å². The molecule has 0 fully saturated rings. The first kappa shape index (κ1) is 22.8. The van der Waals surface area contributed by atoms with E-state index >= 15 is 0 Å². The Kier molecular flexibility index (Phi) is 7.71. The Morgan fingerprint density at radius 3 is 2.38 bits per heavy atom. The summed E-state index contributed by atoms with van der Waals surface area (Å²) < 4.78 is 0. The lowest BCUT2D eigenvalue weighted by Crippen LogP contribution is -2.22. The Morgan fingerprint density at radius 1 is 1.00 bits per heavy atom. The molecular weight excluding hydrogens is 384 g/mol. The number of aromatic nitrogens is 1. The lowest BCUT2D eigenvalue weighted by atomic mass is 10.1. The summed E-state index contributed by atoms with van der Waals surface area (Å²) in [6, 6.07) is 14.1. The third-order valence-electron chi connectivity index (χ3n) is 5.08. The summed E-state index contributed by atoms with van der Waals surface area (Å²) in [5.41, 5.74) is 5.98. The first-order valence-electron chi connectivity index (χ1n) is 9.81. The number of anilines is 3. The third-order valence-corrected chi connectivity index (χ3v) is 5.08. The van der Waals surface area contributed by atoms with Crippen molar-refractivity contribution in [1.82, 2.24) is 9.88 Å². The fourth-order valence-electron chi connectivity index (χ4n) is 3.36. The second-order valence-electron chi connectivity index (χ2n) is 7.34. The Hall–Kier alpha value is -2.50. The highest BCUT2D eigenvalue weighted by Crippen LogP contribution is 2.31. The maximum absolute atomic E-state index is 10.3. The zero-order chi connectivity index (χ0) is 20.3. The number of rotatable bonds is 7. The van der Waals surface area contributed by atoms with Crippen LogP contribution in [-0.2, 0) is 6.54 Å². The van der Waals surface area contributed by atoms with Crippen molar-refractivity contribution in [1.29, 1.82) is 0 Å². The Morgan fingerprint density at radius 2 is 1.72 bits per heavy atom. The summed E-state index contributed by atoms with van der Waals surface area (Å²) in [6.45, 7) is 8.92. The highest BCUT2D eigenvalue weighted by molar-refractivity contribution is 5.95. The monoisotopic (exact) mass is 414 g/mol. The summed E-state index contributed by atoms with van der Waals surface area (Å²) in [5.74, 6) is 0.336. The van der Waals surface area contributed by atoms with Gasteiger partial charge in [0.05, 0.1) is 5.52 Å². The third kappa shape index (κ3) is 5.31. The van der Waals surface area contributed by atoms with E-state index in [1.54, 1.807) is 6.07 Å². The molecule has 0 spiro atoms. The van der Waals surface area contributed by atoms with Gasteiger partial charge >= 0.3 is 0 Å². The van der Waals surface area contributed by atoms with Crippen molar-refractivity contribution in [3.05, 3.63) is 53.7 Å². The Balaban J connectivity index is 0.00000300. The van der Waals surface area contributed by atoms with Crippen molar-refractivity contribution in [2.24, 2.45) is 0 Å². The van der Waals surface area contributed by atoms with Gasteiger partial charge in [0.2, 0.25) is 0 Å². The minimum Gasteiger partial charge on any atom is -0.508 e. The van der Waals surface area contributed by atoms with Crippen LogP contribution in [-0.4, -0.2) is 42.2 Å². The molecule has 0 atom stereocenters. The molecule has 0 saturated carbocycles. The topological polar surface area (TPSA) is 51.6 Å². The summed E-state index contributed by atoms with van der Waals surface area (Å²) in [5, 5.41) is 14.9. The molecule has 0 aliphatic heterocycles. The van der Waals surface area contributed by atoms with Gasteiger partial charge in [0, 0.05) is 54.3 Å². The van der Waals surface area contributed by atoms with Crippen molar-refractivity contribution in [3.8, 4) is 5.75 Å². The second-order valence-corrected chi connectivity index (χ2v) is 7.34. The first-order chi connectivity index (χ1) is 13.4. The number of nitrogens with one attached hydrogen (secondary N) is 1. The van der Waals surface area contributed by atoms with Gasteiger partial charge in [0.1, 0.15) is 5.75 Å². The largest absolute Gasteiger partial charge is 0.508 e. The number of halogens is 1. The lowest BCUT2D eigenvalue weighted by Gasteiger charge is -2.20. The minimum atomic E-state index is 0. The summed E-state index contributed by atoms with van der Waals surface area (Å²) in [4.78, 5) is 9.04. The number of fused-ring (bicyclic) bond motifs is 1. The molecule has 0 amide bonds. The molecule has 1 heterocycles. The molecule has 0 aliphatic rings. The molecule has 3 aromatic rings. The molecule has 0 saturated heterocycles. The van der Waals surface area contributed by atoms with E-state index in [2.05, 4.69) is 58.2 Å². The zero-order valence-electron chi connectivity index (χ0n) is 17.9. The number of phenols is 1. The fourth-order valence-corrected chi connectivity index (χ4v) is 3.36. The predicted molar refractivity (Wildman–Crippen MR) is 126 cm³/mol. The van der Waals surface area contributed by atoms with Gasteiger partial charge in [-0.3, -0.25) is 9.88 Å². The highest BCUT2D eigenvalue weighted by Gasteiger charge is 2.10. The average molecular weight is 415 g/mol. The van der Waals surface area contributed by atoms with Gasteiger partial charge in [0.15, 0.2) is 0 Å². The van der Waals surface area contributed by atoms with E-state index in [1.807, 2.05) is 33.2 Å². The normalized spacial score (nSPS) is 10.8. The zero-order valence-corrected chi connectivity index (χ0v) is 18.7. The predicted octanol–water partition coefficient (Wildman–Crippen LogP) is 5.32. The lowest BCUT2D eigenvalue weighted by molar-refractivity contribution is 0.291. The van der Waals surface area contributed by atoms with Crippen molar-refractivity contribution < 1.29 is 5.11 Å². The molecule has 156 valence electrons. The van der Waals surface area contributed by atoms with E-state index < -0.39 is 0 Å². The first-order valence-corrected chi connectivity index (χ1v) is 9.81. The molecule has 0 unspecified atom stereocenters. The average Bonchev–Trinajstić information content (AvgIpc) is 2.67. The van der Waals surface area contributed by atoms with E-state index in [0.29, 0.717) is 5.75 Å². The standard InChI is InChI=1S/C23H30N4O.ClH/c1-6-27(7-2)15-17-13-18(8-11-23(17)28)25-22-12-16(3)24-21-10-9-19(26(4)5)14-20(21)22;/h8-14,28H,6-7,15H2,1-5H3,(H,24,25);1H. The molecule has 2 aromatic carbocycles. The van der Waals surface area contributed by atoms with Gasteiger partial charge in [-0.2, -0.15) is 0 Å². The molecule has 0 bridgehead atoms. The molecule has 2 N–H and O–H groups in total. The summed E-state index contributed by atoms with van der Waals surface area (Å²) in [6.07, 6.45) is 0. The fraction of sp³-hybridized carbons (Fsp3) is 0.348. The number of aryl methyl sites for hydroxylation is 1. The van der Waals surface area contributed by atoms with Crippen LogP contribution in [0, 0.1) is 6.92 Å². The molecule has 0 radical (unpaired) electrons. The Bertz CT molecular complexity index is 970. The van der Waals surface area contributed by atoms with Crippen LogP contribution >= 0.6 is 12.4 Å². The van der Waals surface area contributed by atoms with E-state index in [0.717, 1.165) is 58.9 Å². The summed E-state index contributed by atoms with van der Waals surface area (Å²) in [7, 11) is 4.07. The number of pyridine rings is 1. The molecule has 29 heavy (non-hydrogen) atoms. The molecule has 3 rings (SSSR count). The van der Waals surface area contributed by atoms with Gasteiger partial charge in [-0.05, 0) is 62.5 Å². The van der Waals surface area contributed by atoms with Crippen molar-refractivity contribution >= 4 is 40.4 Å². The number of hydrogen-bond acceptors (Lipinski definition) is 5. The maximum Gasteiger partial charge on any atom is 0.120 e. The molecule has 1 aromatic heterocycles. The van der Waals surface area contributed by atoms with E-state index in [9.17, 15) is 5.11 Å². The van der Waals surface area contributed by atoms with Gasteiger partial charge in [-0.25, -0.2) is 0 Å². The second kappa shape index (κ2) is 9.81. The molecular formula is C23H31ClN4O. The highest BCUT2D eigenvalue weighted by atomic mass is 35.5. The van der Waals surface area contributed by atoms with Crippen LogP contribution in [0.5, 0.6) is 5.75 Å². The van der Waals surface area contributed by atoms with Crippen LogP contribution in [0.15, 0.2) is 42.5 Å². The van der Waals surface area contributed by atoms with Gasteiger partial charge in [-0.1, -0.05) is 13.8 Å². The summed E-state index contributed by atoms with van der Waals surface area (Å²) >= 11 is 0. The van der Waals surface area contributed by atoms with E-state index in [4.69, 9.17) is 0 Å². The number of nitrogens with zero attached hydrogens (tertiary/aromatic N) is 3. The Labute approximate surface area is 179 Å². The number of benzene rings is 2. The number of hydrogen-bond donors (Lipinski definition) is 2. The van der Waals surface area contributed by atoms with Crippen LogP contribution in [0.25, 0.3) is 10.9 Å².